The van der Waals surface area contributed by atoms with Gasteiger partial charge < -0.3 is 19.7 Å². The molecule has 9 heteroatoms. The van der Waals surface area contributed by atoms with Crippen LogP contribution in [0.3, 0.4) is 0 Å². The fraction of sp³-hybridized carbons (Fsp3) is 0.391. The molecule has 2 aromatic rings. The van der Waals surface area contributed by atoms with Crippen molar-refractivity contribution in [2.24, 2.45) is 0 Å². The fourth-order valence-corrected chi connectivity index (χ4v) is 3.92. The number of carbonyl (C=O) groups is 2. The molecular formula is C23H25N3O6. The molecule has 0 unspecified atom stereocenters. The van der Waals surface area contributed by atoms with E-state index in [1.807, 2.05) is 23.1 Å². The van der Waals surface area contributed by atoms with Crippen LogP contribution in [0.25, 0.3) is 0 Å². The largest absolute Gasteiger partial charge is 0.452 e. The maximum atomic E-state index is 12.7. The molecule has 0 atom stereocenters. The van der Waals surface area contributed by atoms with E-state index in [9.17, 15) is 19.7 Å². The van der Waals surface area contributed by atoms with Crippen LogP contribution in [0.5, 0.6) is 0 Å². The van der Waals surface area contributed by atoms with Crippen LogP contribution in [0, 0.1) is 10.1 Å². The molecule has 0 bridgehead atoms. The molecule has 1 aliphatic carbocycles. The van der Waals surface area contributed by atoms with Crippen molar-refractivity contribution in [3.63, 3.8) is 0 Å². The average molecular weight is 439 g/mol. The van der Waals surface area contributed by atoms with Gasteiger partial charge in [0.2, 0.25) is 0 Å². The van der Waals surface area contributed by atoms with Gasteiger partial charge in [0.1, 0.15) is 0 Å². The van der Waals surface area contributed by atoms with Gasteiger partial charge in [-0.3, -0.25) is 14.9 Å². The topological polar surface area (TPSA) is 111 Å². The zero-order valence-electron chi connectivity index (χ0n) is 17.6. The second-order valence-electron chi connectivity index (χ2n) is 8.06. The number of anilines is 1. The van der Waals surface area contributed by atoms with Gasteiger partial charge >= 0.3 is 5.97 Å². The molecule has 168 valence electrons. The molecule has 0 radical (unpaired) electrons. The van der Waals surface area contributed by atoms with Gasteiger partial charge in [-0.2, -0.15) is 0 Å². The predicted molar refractivity (Wildman–Crippen MR) is 117 cm³/mol. The van der Waals surface area contributed by atoms with E-state index >= 15 is 0 Å². The van der Waals surface area contributed by atoms with E-state index in [0.29, 0.717) is 38.5 Å². The zero-order chi connectivity index (χ0) is 22.6. The number of morpholine rings is 1. The number of esters is 1. The van der Waals surface area contributed by atoms with Crippen LogP contribution in [0.2, 0.25) is 0 Å². The van der Waals surface area contributed by atoms with Crippen LogP contribution in [0.15, 0.2) is 48.5 Å². The van der Waals surface area contributed by atoms with Crippen LogP contribution in [-0.4, -0.2) is 56.3 Å². The molecule has 32 heavy (non-hydrogen) atoms. The van der Waals surface area contributed by atoms with Crippen molar-refractivity contribution in [3.8, 4) is 0 Å². The quantitative estimate of drug-likeness (QED) is 0.382. The third-order valence-corrected chi connectivity index (χ3v) is 5.96. The predicted octanol–water partition coefficient (Wildman–Crippen LogP) is 2.44. The molecule has 9 nitrogen and oxygen atoms in total. The number of amides is 1. The number of nitrogens with zero attached hydrogens (tertiary/aromatic N) is 2. The van der Waals surface area contributed by atoms with Crippen molar-refractivity contribution < 1.29 is 24.0 Å². The first-order valence-corrected chi connectivity index (χ1v) is 10.6. The lowest BCUT2D eigenvalue weighted by Gasteiger charge is -2.30. The maximum absolute atomic E-state index is 12.7. The summed E-state index contributed by atoms with van der Waals surface area (Å²) in [6.07, 6.45) is 1.99. The van der Waals surface area contributed by atoms with E-state index in [0.717, 1.165) is 12.8 Å². The molecule has 0 aromatic heterocycles. The molecular weight excluding hydrogens is 414 g/mol. The van der Waals surface area contributed by atoms with Crippen LogP contribution in [0.1, 0.15) is 28.8 Å². The van der Waals surface area contributed by atoms with Crippen LogP contribution < -0.4 is 10.2 Å². The number of non-ortho nitro benzene ring substituents is 1. The monoisotopic (exact) mass is 439 g/mol. The minimum Gasteiger partial charge on any atom is -0.452 e. The Hall–Kier alpha value is -3.46. The number of nitro benzene ring substituents is 1. The van der Waals surface area contributed by atoms with Crippen molar-refractivity contribution in [1.29, 1.82) is 0 Å². The molecule has 1 saturated heterocycles. The van der Waals surface area contributed by atoms with Gasteiger partial charge in [0.15, 0.2) is 6.61 Å². The smallest absolute Gasteiger partial charge is 0.341 e. The number of hydrogen-bond donors (Lipinski definition) is 1. The Morgan fingerprint density at radius 3 is 2.50 bits per heavy atom. The highest BCUT2D eigenvalue weighted by molar-refractivity contribution is 5.97. The highest BCUT2D eigenvalue weighted by Gasteiger charge is 2.44. The number of nitrogens with one attached hydrogen (secondary N) is 1. The van der Waals surface area contributed by atoms with Crippen LogP contribution in [0.4, 0.5) is 11.4 Å². The minimum atomic E-state index is -0.769. The molecule has 1 N–H and O–H groups in total. The molecule has 1 heterocycles. The molecule has 2 aromatic carbocycles. The van der Waals surface area contributed by atoms with E-state index < -0.39 is 23.4 Å². The van der Waals surface area contributed by atoms with Gasteiger partial charge in [0.05, 0.1) is 29.4 Å². The van der Waals surface area contributed by atoms with Gasteiger partial charge in [-0.25, -0.2) is 4.79 Å². The molecule has 1 amide bonds. The Morgan fingerprint density at radius 1 is 1.12 bits per heavy atom. The normalized spacial score (nSPS) is 16.8. The van der Waals surface area contributed by atoms with Gasteiger partial charge in [-0.05, 0) is 24.5 Å². The summed E-state index contributed by atoms with van der Waals surface area (Å²) in [6.45, 7) is 2.13. The summed E-state index contributed by atoms with van der Waals surface area (Å²) in [5, 5.41) is 14.0. The second kappa shape index (κ2) is 9.35. The number of carbonyl (C=O) groups excluding carboxylic acids is 2. The van der Waals surface area contributed by atoms with E-state index in [1.54, 1.807) is 0 Å². The second-order valence-corrected chi connectivity index (χ2v) is 8.06. The zero-order valence-corrected chi connectivity index (χ0v) is 17.6. The summed E-state index contributed by atoms with van der Waals surface area (Å²) < 4.78 is 10.6. The van der Waals surface area contributed by atoms with Crippen molar-refractivity contribution in [2.75, 3.05) is 44.4 Å². The minimum absolute atomic E-state index is 0.0511. The molecule has 2 aliphatic rings. The maximum Gasteiger partial charge on any atom is 0.341 e. The lowest BCUT2D eigenvalue weighted by molar-refractivity contribution is -0.384. The average Bonchev–Trinajstić information content (AvgIpc) is 3.63. The van der Waals surface area contributed by atoms with Crippen molar-refractivity contribution in [1.82, 2.24) is 5.32 Å². The van der Waals surface area contributed by atoms with E-state index in [1.165, 1.54) is 23.8 Å². The third kappa shape index (κ3) is 4.88. The van der Waals surface area contributed by atoms with Crippen molar-refractivity contribution in [2.45, 2.75) is 18.3 Å². The first-order valence-electron chi connectivity index (χ1n) is 10.6. The summed E-state index contributed by atoms with van der Waals surface area (Å²) in [5.41, 5.74) is 1.52. The molecule has 4 rings (SSSR count). The number of rotatable bonds is 8. The van der Waals surface area contributed by atoms with E-state index in [-0.39, 0.29) is 16.7 Å². The molecule has 1 saturated carbocycles. The molecule has 0 spiro atoms. The molecule has 1 aliphatic heterocycles. The SMILES string of the molecule is O=C(COC(=O)c1cc([N+](=O)[O-])ccc1N1CCOCC1)NCC1(c2ccccc2)CC1. The molecule has 2 fully saturated rings. The summed E-state index contributed by atoms with van der Waals surface area (Å²) >= 11 is 0. The van der Waals surface area contributed by atoms with Crippen LogP contribution in [-0.2, 0) is 19.7 Å². The van der Waals surface area contributed by atoms with Crippen molar-refractivity contribution in [3.05, 3.63) is 69.8 Å². The Morgan fingerprint density at radius 2 is 1.84 bits per heavy atom. The Labute approximate surface area is 185 Å². The Kier molecular flexibility index (Phi) is 6.36. The first kappa shape index (κ1) is 21.8. The highest BCUT2D eigenvalue weighted by atomic mass is 16.6. The van der Waals surface area contributed by atoms with Gasteiger partial charge in [0, 0.05) is 37.2 Å². The number of nitro groups is 1. The number of hydrogen-bond acceptors (Lipinski definition) is 7. The van der Waals surface area contributed by atoms with E-state index in [4.69, 9.17) is 9.47 Å². The highest BCUT2D eigenvalue weighted by Crippen LogP contribution is 2.47. The number of ether oxygens (including phenoxy) is 2. The van der Waals surface area contributed by atoms with E-state index in [2.05, 4.69) is 17.4 Å². The van der Waals surface area contributed by atoms with Crippen LogP contribution >= 0.6 is 0 Å². The summed E-state index contributed by atoms with van der Waals surface area (Å²) in [4.78, 5) is 37.6. The Balaban J connectivity index is 1.38. The summed E-state index contributed by atoms with van der Waals surface area (Å²) in [6, 6.07) is 14.1. The lowest BCUT2D eigenvalue weighted by atomic mass is 9.96. The van der Waals surface area contributed by atoms with Gasteiger partial charge in [-0.15, -0.1) is 0 Å². The third-order valence-electron chi connectivity index (χ3n) is 5.96. The van der Waals surface area contributed by atoms with Crippen molar-refractivity contribution >= 4 is 23.3 Å². The summed E-state index contributed by atoms with van der Waals surface area (Å²) in [7, 11) is 0. The lowest BCUT2D eigenvalue weighted by Crippen LogP contribution is -2.37. The van der Waals surface area contributed by atoms with Gasteiger partial charge in [0.25, 0.3) is 11.6 Å². The van der Waals surface area contributed by atoms with Gasteiger partial charge in [-0.1, -0.05) is 30.3 Å². The summed E-state index contributed by atoms with van der Waals surface area (Å²) in [5.74, 6) is -1.17. The fourth-order valence-electron chi connectivity index (χ4n) is 3.92. The Bertz CT molecular complexity index is 1000. The standard InChI is InChI=1S/C23H25N3O6/c27-21(24-16-23(8-9-23)17-4-2-1-3-5-17)15-32-22(28)19-14-18(26(29)30)6-7-20(19)25-10-12-31-13-11-25/h1-7,14H,8-13,15-16H2,(H,24,27). The first-order chi connectivity index (χ1) is 15.5. The number of benzene rings is 2.